The normalized spacial score (nSPS) is 16.4. The molecule has 296 valence electrons. The second-order valence-corrected chi connectivity index (χ2v) is 16.5. The molecule has 1 heteroatoms. The van der Waals surface area contributed by atoms with Gasteiger partial charge in [0.05, 0.1) is 11.1 Å². The molecule has 0 radical (unpaired) electrons. The van der Waals surface area contributed by atoms with Crippen molar-refractivity contribution in [3.8, 4) is 44.5 Å². The predicted octanol–water partition coefficient (Wildman–Crippen LogP) is 16.5. The quantitative estimate of drug-likeness (QED) is 0.141. The van der Waals surface area contributed by atoms with E-state index in [2.05, 4.69) is 242 Å². The number of allylic oxidation sites excluding steroid dienone is 8. The average molecular weight is 794 g/mol. The van der Waals surface area contributed by atoms with E-state index in [1.807, 2.05) is 0 Å². The molecule has 8 aromatic carbocycles. The van der Waals surface area contributed by atoms with Crippen molar-refractivity contribution < 1.29 is 0 Å². The Morgan fingerprint density at radius 3 is 1.60 bits per heavy atom. The molecule has 0 aliphatic heterocycles. The van der Waals surface area contributed by atoms with E-state index in [9.17, 15) is 0 Å². The Labute approximate surface area is 366 Å². The number of para-hydroxylation sites is 1. The molecule has 0 N–H and O–H groups in total. The summed E-state index contributed by atoms with van der Waals surface area (Å²) in [6, 6.07) is 75.8. The highest BCUT2D eigenvalue weighted by Crippen LogP contribution is 2.60. The minimum atomic E-state index is -0.425. The topological polar surface area (TPSA) is 3.24 Å². The summed E-state index contributed by atoms with van der Waals surface area (Å²) in [5.41, 5.74) is 20.7. The SMILES string of the molecule is C1=CC(C2(c3ccccc3)C3=CCCC=C3c3ccc(N(c4ccc(-c5ccccc5)cc4)c4ccccc4-c4ccccc4-c4ccccc4-c4ccccc4)cc32)=CCC1. The van der Waals surface area contributed by atoms with Gasteiger partial charge < -0.3 is 4.90 Å². The van der Waals surface area contributed by atoms with Crippen molar-refractivity contribution in [3.05, 3.63) is 264 Å². The van der Waals surface area contributed by atoms with E-state index in [4.69, 9.17) is 0 Å². The van der Waals surface area contributed by atoms with Gasteiger partial charge in [0, 0.05) is 16.9 Å². The molecule has 0 aromatic heterocycles. The lowest BCUT2D eigenvalue weighted by molar-refractivity contribution is 0.743. The van der Waals surface area contributed by atoms with E-state index in [-0.39, 0.29) is 0 Å². The minimum Gasteiger partial charge on any atom is -0.310 e. The van der Waals surface area contributed by atoms with Gasteiger partial charge in [-0.15, -0.1) is 0 Å². The van der Waals surface area contributed by atoms with Crippen molar-refractivity contribution in [2.45, 2.75) is 31.1 Å². The zero-order valence-electron chi connectivity index (χ0n) is 34.8. The Balaban J connectivity index is 1.15. The van der Waals surface area contributed by atoms with Gasteiger partial charge in [-0.25, -0.2) is 0 Å². The molecule has 0 heterocycles. The highest BCUT2D eigenvalue weighted by Gasteiger charge is 2.49. The van der Waals surface area contributed by atoms with Crippen LogP contribution in [0.1, 0.15) is 42.4 Å². The molecule has 0 saturated heterocycles. The molecule has 1 nitrogen and oxygen atoms in total. The number of hydrogen-bond donors (Lipinski definition) is 0. The number of rotatable bonds is 9. The van der Waals surface area contributed by atoms with Gasteiger partial charge in [-0.3, -0.25) is 0 Å². The molecule has 0 fully saturated rings. The third-order valence-electron chi connectivity index (χ3n) is 13.0. The number of nitrogens with zero attached hydrogens (tertiary/aromatic N) is 1. The molecule has 1 unspecified atom stereocenters. The van der Waals surface area contributed by atoms with Gasteiger partial charge in [-0.05, 0) is 128 Å². The minimum absolute atomic E-state index is 0.425. The Hall–Kier alpha value is -7.48. The van der Waals surface area contributed by atoms with Crippen LogP contribution >= 0.6 is 0 Å². The van der Waals surface area contributed by atoms with Crippen molar-refractivity contribution in [1.82, 2.24) is 0 Å². The van der Waals surface area contributed by atoms with Crippen LogP contribution in [0.2, 0.25) is 0 Å². The smallest absolute Gasteiger partial charge is 0.0707 e. The van der Waals surface area contributed by atoms with Crippen LogP contribution in [0.3, 0.4) is 0 Å². The first-order valence-electron chi connectivity index (χ1n) is 22.1. The van der Waals surface area contributed by atoms with E-state index in [1.165, 1.54) is 77.9 Å². The molecule has 8 aromatic rings. The van der Waals surface area contributed by atoms with Gasteiger partial charge in [0.2, 0.25) is 0 Å². The molecule has 3 aliphatic rings. The number of benzene rings is 8. The van der Waals surface area contributed by atoms with Gasteiger partial charge >= 0.3 is 0 Å². The fraction of sp³-hybridized carbons (Fsp3) is 0.0820. The maximum atomic E-state index is 2.53. The van der Waals surface area contributed by atoms with Gasteiger partial charge in [-0.2, -0.15) is 0 Å². The van der Waals surface area contributed by atoms with Gasteiger partial charge in [0.1, 0.15) is 0 Å². The van der Waals surface area contributed by atoms with Crippen molar-refractivity contribution in [2.75, 3.05) is 4.90 Å². The molecule has 3 aliphatic carbocycles. The number of anilines is 3. The monoisotopic (exact) mass is 793 g/mol. The summed E-state index contributed by atoms with van der Waals surface area (Å²) in [5.74, 6) is 0. The first-order valence-corrected chi connectivity index (χ1v) is 22.1. The maximum Gasteiger partial charge on any atom is 0.0707 e. The van der Waals surface area contributed by atoms with E-state index in [0.717, 1.165) is 42.7 Å². The molecule has 0 amide bonds. The van der Waals surface area contributed by atoms with Crippen molar-refractivity contribution in [1.29, 1.82) is 0 Å². The highest BCUT2D eigenvalue weighted by atomic mass is 15.1. The zero-order valence-corrected chi connectivity index (χ0v) is 34.8. The Morgan fingerprint density at radius 1 is 0.371 bits per heavy atom. The summed E-state index contributed by atoms with van der Waals surface area (Å²) in [6.07, 6.45) is 16.5. The highest BCUT2D eigenvalue weighted by molar-refractivity contribution is 5.99. The van der Waals surface area contributed by atoms with Crippen LogP contribution in [0.4, 0.5) is 17.1 Å². The standard InChI is InChI=1S/C61H47N/c1-5-21-44(22-6-1)45-37-39-49(40-38-45)62(60-36-20-18-34-57(60)54-32-16-15-31-53(54)52-30-14-13-29-51(52)46-23-7-2-8-24-46)50-41-42-56-55-33-17-19-35-58(55)61(59(56)43-50,47-25-9-3-10-26-47)48-27-11-4-12-28-48/h1-3,5-11,13-16,18,20-43H,4,12,17,19H2. The first-order chi connectivity index (χ1) is 30.8. The Bertz CT molecular complexity index is 3040. The second kappa shape index (κ2) is 16.2. The van der Waals surface area contributed by atoms with Gasteiger partial charge in [0.15, 0.2) is 0 Å². The molecule has 11 rings (SSSR count). The average Bonchev–Trinajstić information content (AvgIpc) is 3.66. The Morgan fingerprint density at radius 2 is 0.903 bits per heavy atom. The summed E-state index contributed by atoms with van der Waals surface area (Å²) < 4.78 is 0. The Kier molecular flexibility index (Phi) is 9.79. The lowest BCUT2D eigenvalue weighted by Crippen LogP contribution is -2.30. The fourth-order valence-electron chi connectivity index (χ4n) is 10.3. The summed E-state index contributed by atoms with van der Waals surface area (Å²) in [7, 11) is 0. The summed E-state index contributed by atoms with van der Waals surface area (Å²) in [6.45, 7) is 0. The number of fused-ring (bicyclic) bond motifs is 3. The van der Waals surface area contributed by atoms with Gasteiger partial charge in [-0.1, -0.05) is 206 Å². The van der Waals surface area contributed by atoms with Crippen LogP contribution in [0.15, 0.2) is 248 Å². The number of hydrogen-bond acceptors (Lipinski definition) is 1. The van der Waals surface area contributed by atoms with Crippen LogP contribution in [-0.2, 0) is 5.41 Å². The van der Waals surface area contributed by atoms with E-state index >= 15 is 0 Å². The van der Waals surface area contributed by atoms with Crippen LogP contribution in [0.25, 0.3) is 50.1 Å². The van der Waals surface area contributed by atoms with Crippen molar-refractivity contribution in [3.63, 3.8) is 0 Å². The van der Waals surface area contributed by atoms with Crippen LogP contribution in [0, 0.1) is 0 Å². The lowest BCUT2D eigenvalue weighted by Gasteiger charge is -2.37. The van der Waals surface area contributed by atoms with E-state index < -0.39 is 5.41 Å². The summed E-state index contributed by atoms with van der Waals surface area (Å²) in [4.78, 5) is 2.50. The first kappa shape index (κ1) is 37.5. The molecule has 1 atom stereocenters. The molecule has 0 spiro atoms. The summed E-state index contributed by atoms with van der Waals surface area (Å²) in [5, 5.41) is 0. The van der Waals surface area contributed by atoms with Crippen LogP contribution in [0.5, 0.6) is 0 Å². The second-order valence-electron chi connectivity index (χ2n) is 16.5. The molecule has 0 saturated carbocycles. The predicted molar refractivity (Wildman–Crippen MR) is 262 cm³/mol. The molecule has 62 heavy (non-hydrogen) atoms. The van der Waals surface area contributed by atoms with Crippen molar-refractivity contribution in [2.24, 2.45) is 0 Å². The zero-order chi connectivity index (χ0) is 41.3. The fourth-order valence-corrected chi connectivity index (χ4v) is 10.3. The maximum absolute atomic E-state index is 2.53. The molecular weight excluding hydrogens is 747 g/mol. The van der Waals surface area contributed by atoms with Crippen molar-refractivity contribution >= 4 is 22.6 Å². The van der Waals surface area contributed by atoms with E-state index in [0.29, 0.717) is 0 Å². The van der Waals surface area contributed by atoms with Gasteiger partial charge in [0.25, 0.3) is 0 Å². The third-order valence-corrected chi connectivity index (χ3v) is 13.0. The van der Waals surface area contributed by atoms with Crippen LogP contribution < -0.4 is 4.90 Å². The van der Waals surface area contributed by atoms with E-state index in [1.54, 1.807) is 0 Å². The third kappa shape index (κ3) is 6.41. The largest absolute Gasteiger partial charge is 0.310 e. The lowest BCUT2D eigenvalue weighted by atomic mass is 9.65. The molecule has 0 bridgehead atoms. The van der Waals surface area contributed by atoms with Crippen LogP contribution in [-0.4, -0.2) is 0 Å². The summed E-state index contributed by atoms with van der Waals surface area (Å²) >= 11 is 0. The molecular formula is C61H47N.